The van der Waals surface area contributed by atoms with Crippen molar-refractivity contribution in [2.75, 3.05) is 0 Å². The highest BCUT2D eigenvalue weighted by molar-refractivity contribution is 6.25. The topological polar surface area (TPSA) is 25.5 Å². The molecule has 0 amide bonds. The van der Waals surface area contributed by atoms with Crippen LogP contribution in [0, 0.1) is 0 Å². The SMILES string of the molecule is C1=NC=C(c2c3ccccc3c(-c3cccc4oc5cc(-c6c7ccccc7c(-c7ccccc7)c7ccccc67)ccc5c34)c3ccccc23)CC1. The molecule has 11 rings (SSSR count). The highest BCUT2D eigenvalue weighted by atomic mass is 16.3. The van der Waals surface area contributed by atoms with Crippen LogP contribution >= 0.6 is 0 Å². The molecule has 0 atom stereocenters. The van der Waals surface area contributed by atoms with Gasteiger partial charge in [0.05, 0.1) is 0 Å². The maximum Gasteiger partial charge on any atom is 0.136 e. The molecule has 0 aliphatic carbocycles. The number of rotatable bonds is 4. The molecule has 0 radical (unpaired) electrons. The molecule has 1 aromatic heterocycles. The van der Waals surface area contributed by atoms with Crippen LogP contribution in [0.1, 0.15) is 18.4 Å². The van der Waals surface area contributed by atoms with Gasteiger partial charge in [0.2, 0.25) is 0 Å². The molecule has 0 N–H and O–H groups in total. The second kappa shape index (κ2) is 11.9. The number of aliphatic imine (C=N–C) groups is 1. The lowest BCUT2D eigenvalue weighted by Gasteiger charge is -2.20. The first-order valence-corrected chi connectivity index (χ1v) is 18.4. The van der Waals surface area contributed by atoms with Gasteiger partial charge in [-0.1, -0.05) is 146 Å². The first kappa shape index (κ1) is 29.9. The predicted octanol–water partition coefficient (Wildman–Crippen LogP) is 14.4. The predicted molar refractivity (Wildman–Crippen MR) is 226 cm³/mol. The van der Waals surface area contributed by atoms with Gasteiger partial charge >= 0.3 is 0 Å². The monoisotopic (exact) mass is 675 g/mol. The largest absolute Gasteiger partial charge is 0.456 e. The quantitative estimate of drug-likeness (QED) is 0.171. The van der Waals surface area contributed by atoms with E-state index < -0.39 is 0 Å². The summed E-state index contributed by atoms with van der Waals surface area (Å²) in [6.07, 6.45) is 6.02. The zero-order valence-electron chi connectivity index (χ0n) is 29.0. The maximum atomic E-state index is 6.81. The molecule has 0 bridgehead atoms. The number of allylic oxidation sites excluding steroid dienone is 1. The summed E-state index contributed by atoms with van der Waals surface area (Å²) in [5.74, 6) is 0. The molecular weight excluding hydrogens is 643 g/mol. The zero-order chi connectivity index (χ0) is 34.9. The summed E-state index contributed by atoms with van der Waals surface area (Å²) < 4.78 is 6.81. The van der Waals surface area contributed by atoms with Crippen LogP contribution in [-0.4, -0.2) is 6.21 Å². The Morgan fingerprint density at radius 1 is 0.396 bits per heavy atom. The summed E-state index contributed by atoms with van der Waals surface area (Å²) in [7, 11) is 0. The summed E-state index contributed by atoms with van der Waals surface area (Å²) in [6.45, 7) is 0. The van der Waals surface area contributed by atoms with Gasteiger partial charge in [-0.2, -0.15) is 0 Å². The minimum atomic E-state index is 0.890. The van der Waals surface area contributed by atoms with Gasteiger partial charge in [-0.15, -0.1) is 0 Å². The lowest BCUT2D eigenvalue weighted by atomic mass is 9.84. The van der Waals surface area contributed by atoms with Crippen molar-refractivity contribution in [1.82, 2.24) is 0 Å². The molecule has 0 saturated heterocycles. The van der Waals surface area contributed by atoms with Crippen LogP contribution in [0.15, 0.2) is 179 Å². The molecule has 10 aromatic rings. The number of hydrogen-bond acceptors (Lipinski definition) is 2. The van der Waals surface area contributed by atoms with Crippen molar-refractivity contribution in [3.8, 4) is 33.4 Å². The van der Waals surface area contributed by atoms with Gasteiger partial charge in [0.15, 0.2) is 0 Å². The minimum absolute atomic E-state index is 0.890. The number of furan rings is 1. The number of fused-ring (bicyclic) bond motifs is 7. The molecule has 9 aromatic carbocycles. The Morgan fingerprint density at radius 3 is 1.49 bits per heavy atom. The molecule has 0 saturated carbocycles. The van der Waals surface area contributed by atoms with Crippen molar-refractivity contribution in [3.63, 3.8) is 0 Å². The van der Waals surface area contributed by atoms with Crippen molar-refractivity contribution in [1.29, 1.82) is 0 Å². The van der Waals surface area contributed by atoms with E-state index in [9.17, 15) is 0 Å². The first-order valence-electron chi connectivity index (χ1n) is 18.4. The van der Waals surface area contributed by atoms with Gasteiger partial charge in [-0.25, -0.2) is 0 Å². The fourth-order valence-corrected chi connectivity index (χ4v) is 9.00. The van der Waals surface area contributed by atoms with Gasteiger partial charge in [-0.05, 0) is 119 Å². The normalized spacial score (nSPS) is 13.2. The van der Waals surface area contributed by atoms with E-state index in [2.05, 4.69) is 175 Å². The van der Waals surface area contributed by atoms with Crippen molar-refractivity contribution in [3.05, 3.63) is 176 Å². The first-order chi connectivity index (χ1) is 26.3. The average Bonchev–Trinajstić information content (AvgIpc) is 3.61. The highest BCUT2D eigenvalue weighted by Crippen LogP contribution is 2.48. The van der Waals surface area contributed by atoms with Crippen molar-refractivity contribution in [2.45, 2.75) is 12.8 Å². The van der Waals surface area contributed by atoms with Crippen molar-refractivity contribution in [2.24, 2.45) is 4.99 Å². The molecule has 0 unspecified atom stereocenters. The van der Waals surface area contributed by atoms with Crippen LogP contribution < -0.4 is 0 Å². The Kier molecular flexibility index (Phi) is 6.72. The third-order valence-corrected chi connectivity index (χ3v) is 11.2. The molecular formula is C51H33NO. The molecule has 53 heavy (non-hydrogen) atoms. The Balaban J connectivity index is 1.18. The molecule has 2 heterocycles. The van der Waals surface area contributed by atoms with E-state index in [1.54, 1.807) is 0 Å². The summed E-state index contributed by atoms with van der Waals surface area (Å²) >= 11 is 0. The van der Waals surface area contributed by atoms with E-state index in [1.165, 1.54) is 82.0 Å². The molecule has 0 fully saturated rings. The van der Waals surface area contributed by atoms with E-state index in [1.807, 2.05) is 6.21 Å². The molecule has 1 aliphatic rings. The van der Waals surface area contributed by atoms with E-state index in [0.29, 0.717) is 0 Å². The number of benzene rings is 9. The van der Waals surface area contributed by atoms with Gasteiger partial charge < -0.3 is 4.42 Å². The number of hydrogen-bond donors (Lipinski definition) is 0. The highest BCUT2D eigenvalue weighted by Gasteiger charge is 2.22. The molecule has 248 valence electrons. The summed E-state index contributed by atoms with van der Waals surface area (Å²) in [4.78, 5) is 4.58. The van der Waals surface area contributed by atoms with Gasteiger partial charge in [0, 0.05) is 23.2 Å². The van der Waals surface area contributed by atoms with E-state index >= 15 is 0 Å². The lowest BCUT2D eigenvalue weighted by Crippen LogP contribution is -1.96. The zero-order valence-corrected chi connectivity index (χ0v) is 29.0. The third-order valence-electron chi connectivity index (χ3n) is 11.2. The van der Waals surface area contributed by atoms with Crippen LogP contribution in [0.2, 0.25) is 0 Å². The van der Waals surface area contributed by atoms with Gasteiger partial charge in [0.1, 0.15) is 11.2 Å². The Bertz CT molecular complexity index is 3050. The standard InChI is InChI=1S/C51H33NO/c1-2-14-32(15-3-1)47-35-17-4-6-19-37(35)48(38-20-7-5-18-36(38)47)33-27-28-43-46(30-33)53-45-26-12-25-44(51(43)45)50-41-23-10-8-21-39(41)49(34-16-13-29-52-31-34)40-22-9-11-24-42(40)50/h1-12,14-15,17-31H,13,16H2. The third kappa shape index (κ3) is 4.55. The summed E-state index contributed by atoms with van der Waals surface area (Å²) in [5, 5.41) is 12.2. The molecule has 2 heteroatoms. The lowest BCUT2D eigenvalue weighted by molar-refractivity contribution is 0.669. The maximum absolute atomic E-state index is 6.81. The van der Waals surface area contributed by atoms with Gasteiger partial charge in [0.25, 0.3) is 0 Å². The van der Waals surface area contributed by atoms with E-state index in [-0.39, 0.29) is 0 Å². The van der Waals surface area contributed by atoms with Crippen LogP contribution in [0.5, 0.6) is 0 Å². The molecule has 1 aliphatic heterocycles. The smallest absolute Gasteiger partial charge is 0.136 e. The second-order valence-electron chi connectivity index (χ2n) is 14.1. The van der Waals surface area contributed by atoms with Crippen molar-refractivity contribution >= 4 is 76.8 Å². The fraction of sp³-hybridized carbons (Fsp3) is 0.0392. The Hall–Kier alpha value is -6.77. The second-order valence-corrected chi connectivity index (χ2v) is 14.1. The summed E-state index contributed by atoms with van der Waals surface area (Å²) in [6, 6.07) is 59.5. The Labute approximate surface area is 307 Å². The van der Waals surface area contributed by atoms with Crippen LogP contribution in [0.25, 0.3) is 104 Å². The average molecular weight is 676 g/mol. The molecule has 0 spiro atoms. The van der Waals surface area contributed by atoms with Crippen LogP contribution in [0.3, 0.4) is 0 Å². The van der Waals surface area contributed by atoms with Crippen molar-refractivity contribution < 1.29 is 4.42 Å². The van der Waals surface area contributed by atoms with E-state index in [4.69, 9.17) is 4.42 Å². The van der Waals surface area contributed by atoms with Crippen LogP contribution in [0.4, 0.5) is 0 Å². The van der Waals surface area contributed by atoms with E-state index in [0.717, 1.165) is 40.3 Å². The minimum Gasteiger partial charge on any atom is -0.456 e. The van der Waals surface area contributed by atoms with Gasteiger partial charge in [-0.3, -0.25) is 4.99 Å². The summed E-state index contributed by atoms with van der Waals surface area (Å²) in [5.41, 5.74) is 11.7. The van der Waals surface area contributed by atoms with Crippen LogP contribution in [-0.2, 0) is 0 Å². The fourth-order valence-electron chi connectivity index (χ4n) is 9.00. The Morgan fingerprint density at radius 2 is 0.925 bits per heavy atom. The number of nitrogens with zero attached hydrogens (tertiary/aromatic N) is 1. The molecule has 2 nitrogen and oxygen atoms in total.